The van der Waals surface area contributed by atoms with E-state index in [9.17, 15) is 0 Å². The summed E-state index contributed by atoms with van der Waals surface area (Å²) < 4.78 is 0. The van der Waals surface area contributed by atoms with Gasteiger partial charge in [-0.2, -0.15) is 0 Å². The molecule has 38 heavy (non-hydrogen) atoms. The normalized spacial score (nSPS) is 11.2. The molecule has 2 aromatic heterocycles. The Bertz CT molecular complexity index is 1900. The van der Waals surface area contributed by atoms with Crippen LogP contribution in [0.1, 0.15) is 0 Å². The van der Waals surface area contributed by atoms with Gasteiger partial charge >= 0.3 is 0 Å². The Balaban J connectivity index is 1.41. The molecule has 0 N–H and O–H groups in total. The van der Waals surface area contributed by atoms with Crippen molar-refractivity contribution in [2.24, 2.45) is 0 Å². The Kier molecular flexibility index (Phi) is 5.41. The SMILES string of the molecule is c1ccc(-c2ccc(-c3nc(-c4ccccc4)nc(-c4cccc5c4ccc4cccnc45)n3)cc2)cc1. The fraction of sp³-hybridized carbons (Fsp3) is 0. The molecule has 0 saturated heterocycles. The fourth-order valence-corrected chi connectivity index (χ4v) is 4.88. The molecule has 0 atom stereocenters. The summed E-state index contributed by atoms with van der Waals surface area (Å²) in [6.45, 7) is 0. The molecule has 0 saturated carbocycles. The van der Waals surface area contributed by atoms with Crippen LogP contribution in [-0.2, 0) is 0 Å². The van der Waals surface area contributed by atoms with Crippen LogP contribution in [0.5, 0.6) is 0 Å². The lowest BCUT2D eigenvalue weighted by molar-refractivity contribution is 1.08. The van der Waals surface area contributed by atoms with E-state index < -0.39 is 0 Å². The number of nitrogens with zero attached hydrogens (tertiary/aromatic N) is 4. The van der Waals surface area contributed by atoms with E-state index in [4.69, 9.17) is 15.0 Å². The first-order chi connectivity index (χ1) is 18.8. The standard InChI is InChI=1S/C34H22N4/c1-3-9-23(10-4-1)24-16-18-27(19-17-24)33-36-32(26-11-5-2-6-12-26)37-34(38-33)30-15-7-14-29-28(30)21-20-25-13-8-22-35-31(25)29/h1-22H. The van der Waals surface area contributed by atoms with Crippen LogP contribution < -0.4 is 0 Å². The van der Waals surface area contributed by atoms with Gasteiger partial charge in [-0.1, -0.05) is 121 Å². The van der Waals surface area contributed by atoms with Crippen molar-refractivity contribution in [3.8, 4) is 45.3 Å². The quantitative estimate of drug-likeness (QED) is 0.235. The third-order valence-electron chi connectivity index (χ3n) is 6.79. The second-order valence-electron chi connectivity index (χ2n) is 9.16. The lowest BCUT2D eigenvalue weighted by Gasteiger charge is -2.11. The minimum atomic E-state index is 0.641. The van der Waals surface area contributed by atoms with E-state index in [0.29, 0.717) is 17.5 Å². The van der Waals surface area contributed by atoms with E-state index in [1.807, 2.05) is 54.7 Å². The van der Waals surface area contributed by atoms with Crippen molar-refractivity contribution >= 4 is 21.7 Å². The van der Waals surface area contributed by atoms with Gasteiger partial charge in [-0.05, 0) is 22.6 Å². The highest BCUT2D eigenvalue weighted by Crippen LogP contribution is 2.33. The van der Waals surface area contributed by atoms with E-state index in [1.54, 1.807) is 0 Å². The lowest BCUT2D eigenvalue weighted by Crippen LogP contribution is -2.00. The maximum atomic E-state index is 4.99. The Morgan fingerprint density at radius 2 is 0.974 bits per heavy atom. The number of hydrogen-bond acceptors (Lipinski definition) is 4. The maximum Gasteiger partial charge on any atom is 0.164 e. The topological polar surface area (TPSA) is 51.6 Å². The smallest absolute Gasteiger partial charge is 0.164 e. The Labute approximate surface area is 220 Å². The summed E-state index contributed by atoms with van der Waals surface area (Å²) in [5, 5.41) is 3.25. The second kappa shape index (κ2) is 9.34. The molecule has 0 spiro atoms. The van der Waals surface area contributed by atoms with Gasteiger partial charge in [-0.3, -0.25) is 4.98 Å². The van der Waals surface area contributed by atoms with Crippen LogP contribution >= 0.6 is 0 Å². The van der Waals surface area contributed by atoms with Crippen LogP contribution in [0.2, 0.25) is 0 Å². The van der Waals surface area contributed by atoms with E-state index in [2.05, 4.69) is 83.8 Å². The van der Waals surface area contributed by atoms with Crippen LogP contribution in [0, 0.1) is 0 Å². The average molecular weight is 487 g/mol. The van der Waals surface area contributed by atoms with Gasteiger partial charge in [0.2, 0.25) is 0 Å². The number of rotatable bonds is 4. The van der Waals surface area contributed by atoms with E-state index >= 15 is 0 Å². The van der Waals surface area contributed by atoms with Gasteiger partial charge < -0.3 is 0 Å². The summed E-state index contributed by atoms with van der Waals surface area (Å²) in [7, 11) is 0. The van der Waals surface area contributed by atoms with Gasteiger partial charge in [0.25, 0.3) is 0 Å². The molecule has 0 bridgehead atoms. The van der Waals surface area contributed by atoms with Crippen molar-refractivity contribution in [3.05, 3.63) is 134 Å². The molecule has 4 nitrogen and oxygen atoms in total. The van der Waals surface area contributed by atoms with Crippen LogP contribution in [0.15, 0.2) is 134 Å². The monoisotopic (exact) mass is 486 g/mol. The molecule has 5 aromatic carbocycles. The van der Waals surface area contributed by atoms with Crippen molar-refractivity contribution in [2.75, 3.05) is 0 Å². The van der Waals surface area contributed by atoms with E-state index in [0.717, 1.165) is 43.9 Å². The highest BCUT2D eigenvalue weighted by Gasteiger charge is 2.15. The molecule has 2 heterocycles. The third kappa shape index (κ3) is 3.98. The summed E-state index contributed by atoms with van der Waals surface area (Å²) in [5.74, 6) is 1.93. The molecule has 0 amide bonds. The van der Waals surface area contributed by atoms with Crippen molar-refractivity contribution in [1.29, 1.82) is 0 Å². The highest BCUT2D eigenvalue weighted by molar-refractivity contribution is 6.09. The van der Waals surface area contributed by atoms with Crippen molar-refractivity contribution in [3.63, 3.8) is 0 Å². The molecule has 7 rings (SSSR count). The van der Waals surface area contributed by atoms with Gasteiger partial charge in [0.1, 0.15) is 0 Å². The van der Waals surface area contributed by atoms with Gasteiger partial charge in [-0.15, -0.1) is 0 Å². The highest BCUT2D eigenvalue weighted by atomic mass is 15.0. The van der Waals surface area contributed by atoms with Crippen LogP contribution in [-0.4, -0.2) is 19.9 Å². The second-order valence-corrected chi connectivity index (χ2v) is 9.16. The summed E-state index contributed by atoms with van der Waals surface area (Å²) >= 11 is 0. The molecule has 0 unspecified atom stereocenters. The number of pyridine rings is 1. The molecule has 0 radical (unpaired) electrons. The molecule has 0 aliphatic rings. The first kappa shape index (κ1) is 22.0. The maximum absolute atomic E-state index is 4.99. The summed E-state index contributed by atoms with van der Waals surface area (Å²) in [6.07, 6.45) is 1.84. The summed E-state index contributed by atoms with van der Waals surface area (Å²) in [5.41, 5.74) is 6.15. The van der Waals surface area contributed by atoms with Crippen molar-refractivity contribution < 1.29 is 0 Å². The lowest BCUT2D eigenvalue weighted by atomic mass is 10.0. The molecule has 4 heteroatoms. The average Bonchev–Trinajstić information content (AvgIpc) is 3.01. The van der Waals surface area contributed by atoms with Crippen LogP contribution in [0.4, 0.5) is 0 Å². The molecule has 178 valence electrons. The molecule has 7 aromatic rings. The zero-order valence-electron chi connectivity index (χ0n) is 20.5. The molecule has 0 aliphatic carbocycles. The summed E-state index contributed by atoms with van der Waals surface area (Å²) in [4.78, 5) is 19.5. The number of benzene rings is 5. The van der Waals surface area contributed by atoms with Gasteiger partial charge in [0, 0.05) is 33.7 Å². The first-order valence-corrected chi connectivity index (χ1v) is 12.6. The fourth-order valence-electron chi connectivity index (χ4n) is 4.88. The van der Waals surface area contributed by atoms with Gasteiger partial charge in [-0.25, -0.2) is 15.0 Å². The minimum Gasteiger partial charge on any atom is -0.256 e. The third-order valence-corrected chi connectivity index (χ3v) is 6.79. The predicted molar refractivity (Wildman–Crippen MR) is 154 cm³/mol. The number of fused-ring (bicyclic) bond motifs is 3. The first-order valence-electron chi connectivity index (χ1n) is 12.6. The Morgan fingerprint density at radius 1 is 0.368 bits per heavy atom. The number of hydrogen-bond donors (Lipinski definition) is 0. The van der Waals surface area contributed by atoms with E-state index in [-0.39, 0.29) is 0 Å². The predicted octanol–water partition coefficient (Wildman–Crippen LogP) is 8.24. The largest absolute Gasteiger partial charge is 0.256 e. The zero-order chi connectivity index (χ0) is 25.3. The zero-order valence-corrected chi connectivity index (χ0v) is 20.5. The van der Waals surface area contributed by atoms with Crippen molar-refractivity contribution in [2.45, 2.75) is 0 Å². The van der Waals surface area contributed by atoms with Gasteiger partial charge in [0.15, 0.2) is 17.5 Å². The van der Waals surface area contributed by atoms with Crippen LogP contribution in [0.25, 0.3) is 67.0 Å². The number of aromatic nitrogens is 4. The Morgan fingerprint density at radius 3 is 1.71 bits per heavy atom. The van der Waals surface area contributed by atoms with Crippen LogP contribution in [0.3, 0.4) is 0 Å². The minimum absolute atomic E-state index is 0.641. The molecular formula is C34H22N4. The molecular weight excluding hydrogens is 464 g/mol. The van der Waals surface area contributed by atoms with Crippen molar-refractivity contribution in [1.82, 2.24) is 19.9 Å². The molecule has 0 aliphatic heterocycles. The molecule has 0 fully saturated rings. The van der Waals surface area contributed by atoms with Gasteiger partial charge in [0.05, 0.1) is 5.52 Å². The Hall–Kier alpha value is -5.22. The summed E-state index contributed by atoms with van der Waals surface area (Å²) in [6, 6.07) is 43.3. The van der Waals surface area contributed by atoms with E-state index in [1.165, 1.54) is 5.56 Å².